The third-order valence-electron chi connectivity index (χ3n) is 2.47. The van der Waals surface area contributed by atoms with Crippen molar-refractivity contribution in [2.45, 2.75) is 18.2 Å². The Morgan fingerprint density at radius 1 is 1.18 bits per heavy atom. The van der Waals surface area contributed by atoms with Crippen molar-refractivity contribution in [1.29, 1.82) is 0 Å². The van der Waals surface area contributed by atoms with E-state index in [0.29, 0.717) is 12.1 Å². The first-order chi connectivity index (χ1) is 10.3. The first-order valence-electron chi connectivity index (χ1n) is 6.47. The second kappa shape index (κ2) is 8.15. The van der Waals surface area contributed by atoms with E-state index in [4.69, 9.17) is 5.14 Å². The molecular weight excluding hydrogens is 308 g/mol. The van der Waals surface area contributed by atoms with Gasteiger partial charge in [-0.15, -0.1) is 0 Å². The first-order valence-corrected chi connectivity index (χ1v) is 8.02. The second-order valence-electron chi connectivity index (χ2n) is 4.32. The van der Waals surface area contributed by atoms with E-state index in [-0.39, 0.29) is 4.90 Å². The second-order valence-corrected chi connectivity index (χ2v) is 5.88. The van der Waals surface area contributed by atoms with E-state index in [1.807, 2.05) is 6.92 Å². The zero-order valence-corrected chi connectivity index (χ0v) is 12.8. The van der Waals surface area contributed by atoms with E-state index >= 15 is 0 Å². The molecule has 1 rings (SSSR count). The minimum absolute atomic E-state index is 0.0108. The Morgan fingerprint density at radius 3 is 2.36 bits per heavy atom. The molecule has 0 unspecified atom stereocenters. The van der Waals surface area contributed by atoms with Gasteiger partial charge in [0.15, 0.2) is 0 Å². The summed E-state index contributed by atoms with van der Waals surface area (Å²) in [6.07, 6.45) is 3.45. The van der Waals surface area contributed by atoms with Crippen LogP contribution < -0.4 is 21.3 Å². The van der Waals surface area contributed by atoms with Crippen LogP contribution in [0.4, 0.5) is 4.79 Å². The molecule has 0 spiro atoms. The van der Waals surface area contributed by atoms with Crippen LogP contribution in [0.3, 0.4) is 0 Å². The highest BCUT2D eigenvalue weighted by Gasteiger charge is 2.06. The Bertz CT molecular complexity index is 653. The highest BCUT2D eigenvalue weighted by molar-refractivity contribution is 7.89. The minimum Gasteiger partial charge on any atom is -0.337 e. The lowest BCUT2D eigenvalue weighted by atomic mass is 10.2. The van der Waals surface area contributed by atoms with Gasteiger partial charge >= 0.3 is 6.03 Å². The van der Waals surface area contributed by atoms with E-state index in [0.717, 1.165) is 6.42 Å². The lowest BCUT2D eigenvalue weighted by molar-refractivity contribution is -0.117. The molecule has 0 saturated carbocycles. The molecule has 0 fully saturated rings. The molecule has 0 heterocycles. The van der Waals surface area contributed by atoms with Gasteiger partial charge in [-0.3, -0.25) is 10.2 Å². The molecule has 9 heteroatoms. The van der Waals surface area contributed by atoms with Gasteiger partial charge in [0.2, 0.25) is 10.0 Å². The SMILES string of the molecule is CCCNC(=O)NNC(=O)/C=C/c1ccc(S(N)(=O)=O)cc1. The van der Waals surface area contributed by atoms with Crippen molar-refractivity contribution in [2.24, 2.45) is 5.14 Å². The number of hydrogen-bond acceptors (Lipinski definition) is 4. The fraction of sp³-hybridized carbons (Fsp3) is 0.231. The van der Waals surface area contributed by atoms with Gasteiger partial charge < -0.3 is 5.32 Å². The molecule has 1 aromatic rings. The molecule has 0 atom stereocenters. The van der Waals surface area contributed by atoms with Crippen LogP contribution >= 0.6 is 0 Å². The van der Waals surface area contributed by atoms with E-state index < -0.39 is 22.0 Å². The number of nitrogens with one attached hydrogen (secondary N) is 3. The van der Waals surface area contributed by atoms with E-state index in [2.05, 4.69) is 16.2 Å². The van der Waals surface area contributed by atoms with Crippen molar-refractivity contribution in [2.75, 3.05) is 6.54 Å². The number of rotatable bonds is 5. The number of amides is 3. The number of hydrazine groups is 1. The highest BCUT2D eigenvalue weighted by Crippen LogP contribution is 2.09. The maximum Gasteiger partial charge on any atom is 0.333 e. The summed E-state index contributed by atoms with van der Waals surface area (Å²) in [5.41, 5.74) is 4.99. The van der Waals surface area contributed by atoms with Crippen molar-refractivity contribution in [1.82, 2.24) is 16.2 Å². The average Bonchev–Trinajstić information content (AvgIpc) is 2.48. The molecule has 0 radical (unpaired) electrons. The summed E-state index contributed by atoms with van der Waals surface area (Å²) >= 11 is 0. The molecule has 0 bridgehead atoms. The molecule has 8 nitrogen and oxygen atoms in total. The van der Waals surface area contributed by atoms with E-state index in [1.54, 1.807) is 0 Å². The van der Waals surface area contributed by atoms with Crippen LogP contribution in [0.2, 0.25) is 0 Å². The number of nitrogens with two attached hydrogens (primary N) is 1. The van der Waals surface area contributed by atoms with Gasteiger partial charge in [0.25, 0.3) is 5.91 Å². The van der Waals surface area contributed by atoms with Crippen LogP contribution in [0, 0.1) is 0 Å². The molecule has 22 heavy (non-hydrogen) atoms. The summed E-state index contributed by atoms with van der Waals surface area (Å²) in [7, 11) is -3.73. The van der Waals surface area contributed by atoms with Crippen LogP contribution in [0.5, 0.6) is 0 Å². The van der Waals surface area contributed by atoms with Crippen molar-refractivity contribution >= 4 is 28.0 Å². The van der Waals surface area contributed by atoms with Crippen LogP contribution in [-0.4, -0.2) is 26.9 Å². The van der Waals surface area contributed by atoms with E-state index in [1.165, 1.54) is 36.4 Å². The molecule has 0 aliphatic heterocycles. The largest absolute Gasteiger partial charge is 0.337 e. The number of primary sulfonamides is 1. The maximum absolute atomic E-state index is 11.5. The molecule has 0 aliphatic rings. The smallest absolute Gasteiger partial charge is 0.333 e. The number of hydrogen-bond donors (Lipinski definition) is 4. The summed E-state index contributed by atoms with van der Waals surface area (Å²) in [5.74, 6) is -0.526. The van der Waals surface area contributed by atoms with Gasteiger partial charge in [0.05, 0.1) is 4.90 Å². The van der Waals surface area contributed by atoms with Gasteiger partial charge in [-0.2, -0.15) is 0 Å². The molecule has 0 aromatic heterocycles. The zero-order chi connectivity index (χ0) is 16.6. The Balaban J connectivity index is 2.50. The van der Waals surface area contributed by atoms with Gasteiger partial charge in [-0.25, -0.2) is 23.8 Å². The third-order valence-corrected chi connectivity index (χ3v) is 3.40. The zero-order valence-electron chi connectivity index (χ0n) is 12.0. The maximum atomic E-state index is 11.5. The molecule has 0 aliphatic carbocycles. The van der Waals surface area contributed by atoms with Gasteiger partial charge in [-0.05, 0) is 30.2 Å². The van der Waals surface area contributed by atoms with E-state index in [9.17, 15) is 18.0 Å². The average molecular weight is 326 g/mol. The molecule has 0 saturated heterocycles. The summed E-state index contributed by atoms with van der Waals surface area (Å²) < 4.78 is 22.2. The lowest BCUT2D eigenvalue weighted by Crippen LogP contribution is -2.46. The fourth-order valence-corrected chi connectivity index (χ4v) is 1.90. The van der Waals surface area contributed by atoms with Crippen molar-refractivity contribution in [3.63, 3.8) is 0 Å². The number of benzene rings is 1. The quantitative estimate of drug-likeness (QED) is 0.451. The number of sulfonamides is 1. The molecule has 5 N–H and O–H groups in total. The monoisotopic (exact) mass is 326 g/mol. The predicted octanol–water partition coefficient (Wildman–Crippen LogP) is 0.0876. The summed E-state index contributed by atoms with van der Waals surface area (Å²) in [4.78, 5) is 22.6. The third kappa shape index (κ3) is 6.37. The summed E-state index contributed by atoms with van der Waals surface area (Å²) in [6, 6.07) is 5.18. The van der Waals surface area contributed by atoms with Crippen LogP contribution in [0.15, 0.2) is 35.2 Å². The molecule has 3 amide bonds. The van der Waals surface area contributed by atoms with Crippen LogP contribution in [-0.2, 0) is 14.8 Å². The standard InChI is InChI=1S/C13H18N4O4S/c1-2-9-15-13(19)17-16-12(18)8-5-10-3-6-11(7-4-10)22(14,20)21/h3-8H,2,9H2,1H3,(H,16,18)(H2,14,20,21)(H2,15,17,19)/b8-5+. The predicted molar refractivity (Wildman–Crippen MR) is 81.8 cm³/mol. The summed E-state index contributed by atoms with van der Waals surface area (Å²) in [5, 5.41) is 7.50. The Hall–Kier alpha value is -2.39. The van der Waals surface area contributed by atoms with Crippen molar-refractivity contribution in [3.05, 3.63) is 35.9 Å². The fourth-order valence-electron chi connectivity index (χ4n) is 1.38. The van der Waals surface area contributed by atoms with Gasteiger partial charge in [-0.1, -0.05) is 19.1 Å². The topological polar surface area (TPSA) is 130 Å². The van der Waals surface area contributed by atoms with Crippen LogP contribution in [0.25, 0.3) is 6.08 Å². The number of carbonyl (C=O) groups is 2. The number of urea groups is 1. The van der Waals surface area contributed by atoms with Crippen molar-refractivity contribution in [3.8, 4) is 0 Å². The Kier molecular flexibility index (Phi) is 6.54. The normalized spacial score (nSPS) is 11.2. The number of carbonyl (C=O) groups excluding carboxylic acids is 2. The minimum atomic E-state index is -3.73. The summed E-state index contributed by atoms with van der Waals surface area (Å²) in [6.45, 7) is 2.41. The highest BCUT2D eigenvalue weighted by atomic mass is 32.2. The molecular formula is C13H18N4O4S. The van der Waals surface area contributed by atoms with Gasteiger partial charge in [0.1, 0.15) is 0 Å². The molecule has 120 valence electrons. The lowest BCUT2D eigenvalue weighted by Gasteiger charge is -2.06. The molecule has 1 aromatic carbocycles. The van der Waals surface area contributed by atoms with Crippen molar-refractivity contribution < 1.29 is 18.0 Å². The Labute approximate surface area is 128 Å². The van der Waals surface area contributed by atoms with Gasteiger partial charge in [0, 0.05) is 12.6 Å². The van der Waals surface area contributed by atoms with Crippen LogP contribution in [0.1, 0.15) is 18.9 Å². The Morgan fingerprint density at radius 2 is 1.82 bits per heavy atom. The first kappa shape index (κ1) is 17.7.